The summed E-state index contributed by atoms with van der Waals surface area (Å²) in [4.78, 5) is 8.28. The van der Waals surface area contributed by atoms with E-state index < -0.39 is 17.8 Å². The molecule has 3 rings (SSSR count). The van der Waals surface area contributed by atoms with Crippen molar-refractivity contribution >= 4 is 11.2 Å². The summed E-state index contributed by atoms with van der Waals surface area (Å²) in [5, 5.41) is 0. The fourth-order valence-electron chi connectivity index (χ4n) is 2.16. The standard InChI is InChI=1S/C14H10F3N3/c1-20-10-6-3-7-18-13(10)19-14(20)9-5-2-4-8(11(9)15)12(16)17/h2-7,12H,1H3. The topological polar surface area (TPSA) is 30.7 Å². The van der Waals surface area contributed by atoms with Crippen LogP contribution in [0.4, 0.5) is 13.2 Å². The molecule has 2 heterocycles. The van der Waals surface area contributed by atoms with E-state index in [1.165, 1.54) is 12.1 Å². The van der Waals surface area contributed by atoms with E-state index in [0.29, 0.717) is 11.2 Å². The Labute approximate surface area is 112 Å². The zero-order valence-corrected chi connectivity index (χ0v) is 10.5. The van der Waals surface area contributed by atoms with Crippen LogP contribution in [0.5, 0.6) is 0 Å². The summed E-state index contributed by atoms with van der Waals surface area (Å²) >= 11 is 0. The normalized spacial score (nSPS) is 11.4. The van der Waals surface area contributed by atoms with Crippen LogP contribution in [0.1, 0.15) is 12.0 Å². The van der Waals surface area contributed by atoms with Gasteiger partial charge in [-0.1, -0.05) is 12.1 Å². The van der Waals surface area contributed by atoms with Crippen molar-refractivity contribution in [2.75, 3.05) is 0 Å². The Morgan fingerprint density at radius 2 is 1.95 bits per heavy atom. The molecule has 0 radical (unpaired) electrons. The molecule has 3 nitrogen and oxygen atoms in total. The highest BCUT2D eigenvalue weighted by Gasteiger charge is 2.20. The highest BCUT2D eigenvalue weighted by atomic mass is 19.3. The SMILES string of the molecule is Cn1c(-c2cccc(C(F)F)c2F)nc2ncccc21. The van der Waals surface area contributed by atoms with E-state index in [0.717, 1.165) is 6.07 Å². The zero-order valence-electron chi connectivity index (χ0n) is 10.5. The summed E-state index contributed by atoms with van der Waals surface area (Å²) in [5.74, 6) is -0.667. The first kappa shape index (κ1) is 12.7. The molecular formula is C14H10F3N3. The van der Waals surface area contributed by atoms with Gasteiger partial charge in [0, 0.05) is 13.2 Å². The van der Waals surface area contributed by atoms with E-state index >= 15 is 0 Å². The highest BCUT2D eigenvalue weighted by molar-refractivity contribution is 5.77. The lowest BCUT2D eigenvalue weighted by molar-refractivity contribution is 0.146. The minimum absolute atomic E-state index is 0.0447. The minimum atomic E-state index is -2.86. The van der Waals surface area contributed by atoms with Crippen molar-refractivity contribution in [3.63, 3.8) is 0 Å². The van der Waals surface area contributed by atoms with Gasteiger partial charge in [0.05, 0.1) is 16.6 Å². The van der Waals surface area contributed by atoms with Gasteiger partial charge in [0.25, 0.3) is 6.43 Å². The first-order valence-corrected chi connectivity index (χ1v) is 5.94. The smallest absolute Gasteiger partial charge is 0.266 e. The van der Waals surface area contributed by atoms with Gasteiger partial charge >= 0.3 is 0 Å². The van der Waals surface area contributed by atoms with Gasteiger partial charge in [-0.3, -0.25) is 0 Å². The third-order valence-corrected chi connectivity index (χ3v) is 3.16. The first-order chi connectivity index (χ1) is 9.59. The van der Waals surface area contributed by atoms with Gasteiger partial charge in [0.15, 0.2) is 5.65 Å². The summed E-state index contributed by atoms with van der Waals surface area (Å²) in [7, 11) is 1.70. The van der Waals surface area contributed by atoms with Gasteiger partial charge in [-0.15, -0.1) is 0 Å². The first-order valence-electron chi connectivity index (χ1n) is 5.94. The average Bonchev–Trinajstić information content (AvgIpc) is 2.76. The van der Waals surface area contributed by atoms with Crippen molar-refractivity contribution < 1.29 is 13.2 Å². The summed E-state index contributed by atoms with van der Waals surface area (Å²) in [6.07, 6.45) is -1.28. The second-order valence-electron chi connectivity index (χ2n) is 4.35. The number of benzene rings is 1. The van der Waals surface area contributed by atoms with Gasteiger partial charge < -0.3 is 4.57 Å². The Morgan fingerprint density at radius 3 is 2.65 bits per heavy atom. The number of halogens is 3. The number of rotatable bonds is 2. The second kappa shape index (κ2) is 4.63. The number of hydrogen-bond donors (Lipinski definition) is 0. The molecule has 0 aliphatic heterocycles. The number of fused-ring (bicyclic) bond motifs is 1. The molecule has 3 aromatic rings. The van der Waals surface area contributed by atoms with Crippen LogP contribution < -0.4 is 0 Å². The van der Waals surface area contributed by atoms with Gasteiger partial charge in [-0.25, -0.2) is 23.1 Å². The molecule has 0 unspecified atom stereocenters. The van der Waals surface area contributed by atoms with Gasteiger partial charge in [-0.2, -0.15) is 0 Å². The van der Waals surface area contributed by atoms with E-state index in [9.17, 15) is 13.2 Å². The molecule has 102 valence electrons. The highest BCUT2D eigenvalue weighted by Crippen LogP contribution is 2.30. The van der Waals surface area contributed by atoms with Crippen LogP contribution in [0, 0.1) is 5.82 Å². The van der Waals surface area contributed by atoms with Gasteiger partial charge in [-0.05, 0) is 18.2 Å². The van der Waals surface area contributed by atoms with Crippen molar-refractivity contribution in [1.29, 1.82) is 0 Å². The molecule has 2 aromatic heterocycles. The number of pyridine rings is 1. The summed E-state index contributed by atoms with van der Waals surface area (Å²) in [6, 6.07) is 7.42. The quantitative estimate of drug-likeness (QED) is 0.715. The average molecular weight is 277 g/mol. The van der Waals surface area contributed by atoms with E-state index in [4.69, 9.17) is 0 Å². The number of alkyl halides is 2. The third-order valence-electron chi connectivity index (χ3n) is 3.16. The molecule has 0 N–H and O–H groups in total. The molecule has 0 aliphatic rings. The predicted octanol–water partition coefficient (Wildman–Crippen LogP) is 3.71. The van der Waals surface area contributed by atoms with Crippen molar-refractivity contribution in [1.82, 2.24) is 14.5 Å². The molecule has 0 saturated heterocycles. The summed E-state index contributed by atoms with van der Waals surface area (Å²) in [6.45, 7) is 0. The van der Waals surface area contributed by atoms with Crippen LogP contribution in [-0.2, 0) is 7.05 Å². The van der Waals surface area contributed by atoms with Crippen molar-refractivity contribution in [2.45, 2.75) is 6.43 Å². The Kier molecular flexibility index (Phi) is 2.93. The summed E-state index contributed by atoms with van der Waals surface area (Å²) < 4.78 is 41.3. The Hall–Kier alpha value is -2.37. The predicted molar refractivity (Wildman–Crippen MR) is 68.9 cm³/mol. The molecule has 0 fully saturated rings. The molecule has 1 aromatic carbocycles. The van der Waals surface area contributed by atoms with Crippen LogP contribution in [0.25, 0.3) is 22.6 Å². The molecule has 0 spiro atoms. The number of nitrogens with zero attached hydrogens (tertiary/aromatic N) is 3. The molecule has 6 heteroatoms. The van der Waals surface area contributed by atoms with E-state index in [-0.39, 0.29) is 11.4 Å². The number of hydrogen-bond acceptors (Lipinski definition) is 2. The fourth-order valence-corrected chi connectivity index (χ4v) is 2.16. The molecule has 20 heavy (non-hydrogen) atoms. The van der Waals surface area contributed by atoms with Crippen molar-refractivity contribution in [2.24, 2.45) is 7.05 Å². The van der Waals surface area contributed by atoms with Crippen molar-refractivity contribution in [3.8, 4) is 11.4 Å². The lowest BCUT2D eigenvalue weighted by Gasteiger charge is -2.07. The largest absolute Gasteiger partial charge is 0.326 e. The molecular weight excluding hydrogens is 267 g/mol. The van der Waals surface area contributed by atoms with E-state index in [2.05, 4.69) is 9.97 Å². The maximum absolute atomic E-state index is 14.2. The molecule has 0 amide bonds. The molecule has 0 bridgehead atoms. The lowest BCUT2D eigenvalue weighted by Crippen LogP contribution is -1.98. The molecule has 0 atom stereocenters. The van der Waals surface area contributed by atoms with Gasteiger partial charge in [0.2, 0.25) is 0 Å². The lowest BCUT2D eigenvalue weighted by atomic mass is 10.1. The minimum Gasteiger partial charge on any atom is -0.326 e. The molecule has 0 saturated carbocycles. The Balaban J connectivity index is 2.26. The van der Waals surface area contributed by atoms with E-state index in [1.807, 2.05) is 0 Å². The number of aryl methyl sites for hydroxylation is 1. The van der Waals surface area contributed by atoms with Crippen LogP contribution in [-0.4, -0.2) is 14.5 Å². The maximum Gasteiger partial charge on any atom is 0.266 e. The second-order valence-corrected chi connectivity index (χ2v) is 4.35. The Morgan fingerprint density at radius 1 is 1.15 bits per heavy atom. The van der Waals surface area contributed by atoms with Crippen LogP contribution in [0.3, 0.4) is 0 Å². The molecule has 0 aliphatic carbocycles. The summed E-state index contributed by atoms with van der Waals surface area (Å²) in [5.41, 5.74) is 0.585. The van der Waals surface area contributed by atoms with Crippen LogP contribution in [0.2, 0.25) is 0 Å². The maximum atomic E-state index is 14.2. The number of imidazole rings is 1. The monoisotopic (exact) mass is 277 g/mol. The number of aromatic nitrogens is 3. The van der Waals surface area contributed by atoms with Gasteiger partial charge in [0.1, 0.15) is 11.6 Å². The van der Waals surface area contributed by atoms with Crippen LogP contribution >= 0.6 is 0 Å². The van der Waals surface area contributed by atoms with Crippen LogP contribution in [0.15, 0.2) is 36.5 Å². The fraction of sp³-hybridized carbons (Fsp3) is 0.143. The van der Waals surface area contributed by atoms with E-state index in [1.54, 1.807) is 29.9 Å². The Bertz CT molecular complexity index is 780. The zero-order chi connectivity index (χ0) is 14.3. The third kappa shape index (κ3) is 1.84. The van der Waals surface area contributed by atoms with Crippen molar-refractivity contribution in [3.05, 3.63) is 47.9 Å².